The Morgan fingerprint density at radius 3 is 2.81 bits per heavy atom. The van der Waals surface area contributed by atoms with Crippen molar-refractivity contribution in [2.75, 3.05) is 24.3 Å². The van der Waals surface area contributed by atoms with Gasteiger partial charge in [0.2, 0.25) is 5.13 Å². The van der Waals surface area contributed by atoms with Crippen molar-refractivity contribution in [1.29, 1.82) is 0 Å². The van der Waals surface area contributed by atoms with Crippen LogP contribution in [0.5, 0.6) is 0 Å². The zero-order valence-electron chi connectivity index (χ0n) is 9.39. The summed E-state index contributed by atoms with van der Waals surface area (Å²) in [6, 6.07) is 0. The molecule has 2 heterocycles. The highest BCUT2D eigenvalue weighted by atomic mass is 32.1. The molecule has 0 unspecified atom stereocenters. The highest BCUT2D eigenvalue weighted by molar-refractivity contribution is 7.15. The molecule has 0 amide bonds. The molecule has 0 saturated heterocycles. The number of nitrogens with zero attached hydrogens (tertiary/aromatic N) is 4. The molecule has 2 aromatic rings. The van der Waals surface area contributed by atoms with Crippen molar-refractivity contribution < 1.29 is 0 Å². The lowest BCUT2D eigenvalue weighted by Gasteiger charge is -2.05. The van der Waals surface area contributed by atoms with E-state index < -0.39 is 0 Å². The Morgan fingerprint density at radius 2 is 2.25 bits per heavy atom. The van der Waals surface area contributed by atoms with Crippen molar-refractivity contribution in [2.45, 2.75) is 13.5 Å². The molecule has 1 N–H and O–H groups in total. The lowest BCUT2D eigenvalue weighted by Crippen LogP contribution is -2.07. The number of hydrogen-bond donors (Lipinski definition) is 1. The van der Waals surface area contributed by atoms with Crippen LogP contribution in [0, 0.1) is 6.92 Å². The molecule has 0 radical (unpaired) electrons. The van der Waals surface area contributed by atoms with Crippen molar-refractivity contribution in [1.82, 2.24) is 14.3 Å². The third kappa shape index (κ3) is 2.67. The molecule has 0 saturated carbocycles. The number of rotatable bonds is 4. The Balaban J connectivity index is 1.94. The molecular formula is C9H13N5S2. The third-order valence-corrected chi connectivity index (χ3v) is 3.79. The monoisotopic (exact) mass is 255 g/mol. The van der Waals surface area contributed by atoms with Crippen LogP contribution >= 0.6 is 22.9 Å². The number of aryl methyl sites for hydroxylation is 1. The van der Waals surface area contributed by atoms with Gasteiger partial charge in [0.1, 0.15) is 5.82 Å². The summed E-state index contributed by atoms with van der Waals surface area (Å²) in [4.78, 5) is 11.7. The summed E-state index contributed by atoms with van der Waals surface area (Å²) in [5, 5.41) is 5.11. The summed E-state index contributed by atoms with van der Waals surface area (Å²) in [5.41, 5.74) is 0. The summed E-state index contributed by atoms with van der Waals surface area (Å²) < 4.78 is 4.11. The fourth-order valence-corrected chi connectivity index (χ4v) is 2.46. The molecule has 7 heteroatoms. The maximum Gasteiger partial charge on any atom is 0.202 e. The number of hydrogen-bond acceptors (Lipinski definition) is 7. The fraction of sp³-hybridized carbons (Fsp3) is 0.444. The first-order valence-corrected chi connectivity index (χ1v) is 6.40. The predicted octanol–water partition coefficient (Wildman–Crippen LogP) is 1.98. The van der Waals surface area contributed by atoms with E-state index in [2.05, 4.69) is 19.7 Å². The minimum absolute atomic E-state index is 0.750. The molecule has 2 rings (SSSR count). The average Bonchev–Trinajstić information content (AvgIpc) is 2.83. The van der Waals surface area contributed by atoms with Gasteiger partial charge in [-0.15, -0.1) is 11.3 Å². The van der Waals surface area contributed by atoms with E-state index in [9.17, 15) is 0 Å². The average molecular weight is 255 g/mol. The van der Waals surface area contributed by atoms with Crippen molar-refractivity contribution in [2.24, 2.45) is 0 Å². The smallest absolute Gasteiger partial charge is 0.202 e. The minimum atomic E-state index is 0.750. The van der Waals surface area contributed by atoms with Crippen LogP contribution in [0.4, 0.5) is 10.3 Å². The first-order chi connectivity index (χ1) is 7.65. The van der Waals surface area contributed by atoms with Crippen LogP contribution in [0.1, 0.15) is 10.7 Å². The molecule has 0 aromatic carbocycles. The van der Waals surface area contributed by atoms with E-state index in [0.29, 0.717) is 0 Å². The van der Waals surface area contributed by atoms with E-state index in [1.54, 1.807) is 11.3 Å². The molecule has 0 fully saturated rings. The fourth-order valence-electron chi connectivity index (χ4n) is 1.12. The largest absolute Gasteiger partial charge is 0.355 e. The Bertz CT molecular complexity index is 462. The summed E-state index contributed by atoms with van der Waals surface area (Å²) in [6.07, 6.45) is 1.89. The van der Waals surface area contributed by atoms with Gasteiger partial charge in [-0.25, -0.2) is 9.97 Å². The topological polar surface area (TPSA) is 53.9 Å². The first-order valence-electron chi connectivity index (χ1n) is 4.81. The van der Waals surface area contributed by atoms with E-state index in [1.165, 1.54) is 16.4 Å². The van der Waals surface area contributed by atoms with Crippen molar-refractivity contribution in [3.63, 3.8) is 0 Å². The Morgan fingerprint density at radius 1 is 1.44 bits per heavy atom. The SMILES string of the molecule is Cc1nsc(NCc2cnc(N(C)C)s2)n1. The van der Waals surface area contributed by atoms with Gasteiger partial charge in [-0.05, 0) is 6.92 Å². The number of aromatic nitrogens is 3. The molecule has 0 aliphatic carbocycles. The zero-order chi connectivity index (χ0) is 11.5. The Labute approximate surface area is 102 Å². The van der Waals surface area contributed by atoms with Gasteiger partial charge in [-0.1, -0.05) is 0 Å². The zero-order valence-corrected chi connectivity index (χ0v) is 11.0. The minimum Gasteiger partial charge on any atom is -0.355 e. The lowest BCUT2D eigenvalue weighted by atomic mass is 10.5. The number of thiazole rings is 1. The first kappa shape index (κ1) is 11.3. The molecule has 86 valence electrons. The maximum absolute atomic E-state index is 4.30. The molecule has 0 aliphatic rings. The van der Waals surface area contributed by atoms with Gasteiger partial charge in [-0.2, -0.15) is 4.37 Å². The van der Waals surface area contributed by atoms with Gasteiger partial charge in [0.05, 0.1) is 6.54 Å². The van der Waals surface area contributed by atoms with Gasteiger partial charge in [0.15, 0.2) is 5.13 Å². The molecule has 2 aromatic heterocycles. The van der Waals surface area contributed by atoms with E-state index in [1.807, 2.05) is 32.1 Å². The highest BCUT2D eigenvalue weighted by Gasteiger charge is 2.04. The third-order valence-electron chi connectivity index (χ3n) is 1.87. The summed E-state index contributed by atoms with van der Waals surface area (Å²) in [5.74, 6) is 0.811. The van der Waals surface area contributed by atoms with Crippen LogP contribution < -0.4 is 10.2 Å². The second-order valence-electron chi connectivity index (χ2n) is 3.50. The van der Waals surface area contributed by atoms with Crippen molar-refractivity contribution in [3.05, 3.63) is 16.9 Å². The van der Waals surface area contributed by atoms with Crippen LogP contribution in [0.15, 0.2) is 6.20 Å². The van der Waals surface area contributed by atoms with Gasteiger partial charge in [0, 0.05) is 36.7 Å². The summed E-state index contributed by atoms with van der Waals surface area (Å²) in [7, 11) is 3.98. The molecule has 5 nitrogen and oxygen atoms in total. The van der Waals surface area contributed by atoms with Gasteiger partial charge >= 0.3 is 0 Å². The van der Waals surface area contributed by atoms with E-state index >= 15 is 0 Å². The van der Waals surface area contributed by atoms with Crippen LogP contribution in [-0.2, 0) is 6.54 Å². The molecule has 0 aliphatic heterocycles. The van der Waals surface area contributed by atoms with Gasteiger partial charge < -0.3 is 10.2 Å². The van der Waals surface area contributed by atoms with E-state index in [0.717, 1.165) is 22.6 Å². The molecule has 16 heavy (non-hydrogen) atoms. The summed E-state index contributed by atoms with van der Waals surface area (Å²) >= 11 is 3.06. The highest BCUT2D eigenvalue weighted by Crippen LogP contribution is 2.21. The van der Waals surface area contributed by atoms with Gasteiger partial charge in [0.25, 0.3) is 0 Å². The van der Waals surface area contributed by atoms with Crippen molar-refractivity contribution >= 4 is 33.1 Å². The molecule has 0 spiro atoms. The lowest BCUT2D eigenvalue weighted by molar-refractivity contribution is 1.09. The van der Waals surface area contributed by atoms with Crippen LogP contribution in [0.25, 0.3) is 0 Å². The normalized spacial score (nSPS) is 10.4. The predicted molar refractivity (Wildman–Crippen MR) is 68.4 cm³/mol. The standard InChI is InChI=1S/C9H13N5S2/c1-6-12-8(16-13-6)10-4-7-5-11-9(15-7)14(2)3/h5H,4H2,1-3H3,(H,10,12,13). The maximum atomic E-state index is 4.30. The quantitative estimate of drug-likeness (QED) is 0.905. The van der Waals surface area contributed by atoms with Crippen LogP contribution in [0.3, 0.4) is 0 Å². The molecular weight excluding hydrogens is 242 g/mol. The van der Waals surface area contributed by atoms with Crippen molar-refractivity contribution in [3.8, 4) is 0 Å². The van der Waals surface area contributed by atoms with Crippen LogP contribution in [-0.4, -0.2) is 28.4 Å². The van der Waals surface area contributed by atoms with E-state index in [-0.39, 0.29) is 0 Å². The number of anilines is 2. The second kappa shape index (κ2) is 4.75. The second-order valence-corrected chi connectivity index (χ2v) is 5.35. The number of nitrogens with one attached hydrogen (secondary N) is 1. The van der Waals surface area contributed by atoms with Crippen LogP contribution in [0.2, 0.25) is 0 Å². The van der Waals surface area contributed by atoms with Gasteiger partial charge in [-0.3, -0.25) is 0 Å². The Kier molecular flexibility index (Phi) is 3.35. The Hall–Kier alpha value is -1.21. The molecule has 0 atom stereocenters. The van der Waals surface area contributed by atoms with E-state index in [4.69, 9.17) is 0 Å². The molecule has 0 bridgehead atoms. The summed E-state index contributed by atoms with van der Waals surface area (Å²) in [6.45, 7) is 2.64.